The molecule has 0 aromatic rings. The van der Waals surface area contributed by atoms with E-state index in [4.69, 9.17) is 0 Å². The first kappa shape index (κ1) is 8.49. The van der Waals surface area contributed by atoms with Gasteiger partial charge in [-0.2, -0.15) is 0 Å². The van der Waals surface area contributed by atoms with Gasteiger partial charge in [-0.3, -0.25) is 10.2 Å². The van der Waals surface area contributed by atoms with Crippen LogP contribution in [0.15, 0.2) is 0 Å². The lowest BCUT2D eigenvalue weighted by Crippen LogP contribution is -2.40. The van der Waals surface area contributed by atoms with E-state index in [9.17, 15) is 4.79 Å². The van der Waals surface area contributed by atoms with Crippen LogP contribution >= 0.6 is 0 Å². The molecule has 1 unspecified atom stereocenters. The molecule has 4 nitrogen and oxygen atoms in total. The second-order valence-corrected chi connectivity index (χ2v) is 2.97. The van der Waals surface area contributed by atoms with Crippen LogP contribution in [0, 0.1) is 0 Å². The highest BCUT2D eigenvalue weighted by Crippen LogP contribution is 2.00. The molecule has 0 saturated carbocycles. The molecule has 64 valence electrons. The van der Waals surface area contributed by atoms with Gasteiger partial charge in [0, 0.05) is 33.1 Å². The van der Waals surface area contributed by atoms with Crippen molar-refractivity contribution in [2.24, 2.45) is 0 Å². The summed E-state index contributed by atoms with van der Waals surface area (Å²) < 4.78 is 0. The molecule has 1 saturated heterocycles. The zero-order valence-electron chi connectivity index (χ0n) is 7.05. The van der Waals surface area contributed by atoms with Crippen LogP contribution < -0.4 is 10.7 Å². The maximum atomic E-state index is 10.5. The van der Waals surface area contributed by atoms with Crippen molar-refractivity contribution in [2.45, 2.75) is 19.4 Å². The van der Waals surface area contributed by atoms with Gasteiger partial charge in [0.2, 0.25) is 5.91 Å². The minimum Gasteiger partial charge on any atom is -0.355 e. The third kappa shape index (κ3) is 2.86. The molecule has 1 atom stereocenters. The molecule has 1 aliphatic rings. The molecule has 0 aromatic carbocycles. The van der Waals surface area contributed by atoms with Gasteiger partial charge in [0.1, 0.15) is 0 Å². The number of hydrazine groups is 1. The Bertz CT molecular complexity index is 149. The molecule has 11 heavy (non-hydrogen) atoms. The highest BCUT2D eigenvalue weighted by atomic mass is 16.1. The van der Waals surface area contributed by atoms with Crippen molar-refractivity contribution in [2.75, 3.05) is 20.1 Å². The van der Waals surface area contributed by atoms with Gasteiger partial charge in [-0.25, -0.2) is 5.01 Å². The third-order valence-corrected chi connectivity index (χ3v) is 1.81. The van der Waals surface area contributed by atoms with E-state index in [1.54, 1.807) is 6.92 Å². The van der Waals surface area contributed by atoms with E-state index >= 15 is 0 Å². The first-order chi connectivity index (χ1) is 5.18. The van der Waals surface area contributed by atoms with Crippen molar-refractivity contribution in [3.8, 4) is 0 Å². The van der Waals surface area contributed by atoms with Crippen LogP contribution in [0.5, 0.6) is 0 Å². The number of nitrogens with one attached hydrogen (secondary N) is 2. The summed E-state index contributed by atoms with van der Waals surface area (Å²) in [5.74, 6) is 0.0429. The van der Waals surface area contributed by atoms with Crippen LogP contribution in [-0.2, 0) is 4.79 Å². The predicted molar refractivity (Wildman–Crippen MR) is 42.9 cm³/mol. The molecular weight excluding hydrogens is 142 g/mol. The minimum absolute atomic E-state index is 0.0429. The SMILES string of the molecule is CC(=O)NCC1CCN(C)N1. The van der Waals surface area contributed by atoms with Crippen LogP contribution in [-0.4, -0.2) is 37.1 Å². The molecule has 0 aromatic heterocycles. The van der Waals surface area contributed by atoms with E-state index in [1.165, 1.54) is 0 Å². The van der Waals surface area contributed by atoms with E-state index in [0.717, 1.165) is 19.5 Å². The van der Waals surface area contributed by atoms with E-state index in [-0.39, 0.29) is 5.91 Å². The summed E-state index contributed by atoms with van der Waals surface area (Å²) in [7, 11) is 2.01. The number of carbonyl (C=O) groups excluding carboxylic acids is 1. The van der Waals surface area contributed by atoms with Crippen molar-refractivity contribution >= 4 is 5.91 Å². The average Bonchev–Trinajstić information content (AvgIpc) is 2.31. The normalized spacial score (nSPS) is 25.5. The van der Waals surface area contributed by atoms with Gasteiger partial charge in [-0.15, -0.1) is 0 Å². The Morgan fingerprint density at radius 1 is 1.82 bits per heavy atom. The van der Waals surface area contributed by atoms with E-state index < -0.39 is 0 Å². The molecule has 0 spiro atoms. The fourth-order valence-electron chi connectivity index (χ4n) is 1.20. The van der Waals surface area contributed by atoms with Crippen molar-refractivity contribution < 1.29 is 4.79 Å². The van der Waals surface area contributed by atoms with Crippen LogP contribution in [0.25, 0.3) is 0 Å². The minimum atomic E-state index is 0.0429. The lowest BCUT2D eigenvalue weighted by Gasteiger charge is -2.12. The first-order valence-electron chi connectivity index (χ1n) is 3.90. The number of nitrogens with zero attached hydrogens (tertiary/aromatic N) is 1. The molecule has 0 bridgehead atoms. The fourth-order valence-corrected chi connectivity index (χ4v) is 1.20. The van der Waals surface area contributed by atoms with Gasteiger partial charge in [0.05, 0.1) is 0 Å². The summed E-state index contributed by atoms with van der Waals surface area (Å²) in [5.41, 5.74) is 3.23. The summed E-state index contributed by atoms with van der Waals surface area (Å²) >= 11 is 0. The Labute approximate surface area is 66.9 Å². The van der Waals surface area contributed by atoms with Crippen LogP contribution in [0.3, 0.4) is 0 Å². The summed E-state index contributed by atoms with van der Waals surface area (Å²) in [5, 5.41) is 4.83. The molecule has 4 heteroatoms. The zero-order chi connectivity index (χ0) is 8.27. The maximum Gasteiger partial charge on any atom is 0.216 e. The Morgan fingerprint density at radius 3 is 3.00 bits per heavy atom. The van der Waals surface area contributed by atoms with Crippen molar-refractivity contribution in [3.63, 3.8) is 0 Å². The summed E-state index contributed by atoms with van der Waals surface area (Å²) in [6.45, 7) is 3.34. The summed E-state index contributed by atoms with van der Waals surface area (Å²) in [6.07, 6.45) is 1.11. The highest BCUT2D eigenvalue weighted by Gasteiger charge is 2.17. The fraction of sp³-hybridized carbons (Fsp3) is 0.857. The summed E-state index contributed by atoms with van der Waals surface area (Å²) in [4.78, 5) is 10.5. The van der Waals surface area contributed by atoms with E-state index in [0.29, 0.717) is 6.04 Å². The summed E-state index contributed by atoms with van der Waals surface area (Å²) in [6, 6.07) is 0.420. The number of hydrogen-bond donors (Lipinski definition) is 2. The van der Waals surface area contributed by atoms with Gasteiger partial charge < -0.3 is 5.32 Å². The van der Waals surface area contributed by atoms with Crippen molar-refractivity contribution in [1.82, 2.24) is 15.8 Å². The third-order valence-electron chi connectivity index (χ3n) is 1.81. The topological polar surface area (TPSA) is 44.4 Å². The van der Waals surface area contributed by atoms with Crippen LogP contribution in [0.4, 0.5) is 0 Å². The van der Waals surface area contributed by atoms with E-state index in [1.807, 2.05) is 12.1 Å². The molecule has 0 aliphatic carbocycles. The monoisotopic (exact) mass is 157 g/mol. The van der Waals surface area contributed by atoms with Crippen LogP contribution in [0.1, 0.15) is 13.3 Å². The first-order valence-corrected chi connectivity index (χ1v) is 3.90. The molecular formula is C7H15N3O. The van der Waals surface area contributed by atoms with Gasteiger partial charge >= 0.3 is 0 Å². The molecule has 2 N–H and O–H groups in total. The molecule has 0 radical (unpaired) electrons. The van der Waals surface area contributed by atoms with Gasteiger partial charge in [0.25, 0.3) is 0 Å². The Balaban J connectivity index is 2.13. The second kappa shape index (κ2) is 3.69. The number of hydrogen-bond acceptors (Lipinski definition) is 3. The molecule has 1 fully saturated rings. The lowest BCUT2D eigenvalue weighted by atomic mass is 10.2. The van der Waals surface area contributed by atoms with Gasteiger partial charge in [0.15, 0.2) is 0 Å². The quantitative estimate of drug-likeness (QED) is 0.559. The maximum absolute atomic E-state index is 10.5. The Morgan fingerprint density at radius 2 is 2.55 bits per heavy atom. The average molecular weight is 157 g/mol. The second-order valence-electron chi connectivity index (χ2n) is 2.97. The largest absolute Gasteiger partial charge is 0.355 e. The smallest absolute Gasteiger partial charge is 0.216 e. The zero-order valence-corrected chi connectivity index (χ0v) is 7.05. The van der Waals surface area contributed by atoms with Crippen molar-refractivity contribution in [3.05, 3.63) is 0 Å². The number of carbonyl (C=O) groups is 1. The molecule has 1 rings (SSSR count). The number of rotatable bonds is 2. The number of amides is 1. The lowest BCUT2D eigenvalue weighted by molar-refractivity contribution is -0.119. The Hall–Kier alpha value is -0.610. The van der Waals surface area contributed by atoms with Gasteiger partial charge in [-0.05, 0) is 6.42 Å². The standard InChI is InChI=1S/C7H15N3O/c1-6(11)8-5-7-3-4-10(2)9-7/h7,9H,3-5H2,1-2H3,(H,8,11). The van der Waals surface area contributed by atoms with Crippen LogP contribution in [0.2, 0.25) is 0 Å². The predicted octanol–water partition coefficient (Wildman–Crippen LogP) is -0.669. The van der Waals surface area contributed by atoms with Gasteiger partial charge in [-0.1, -0.05) is 0 Å². The molecule has 1 aliphatic heterocycles. The van der Waals surface area contributed by atoms with Crippen molar-refractivity contribution in [1.29, 1.82) is 0 Å². The molecule has 1 amide bonds. The highest BCUT2D eigenvalue weighted by molar-refractivity contribution is 5.72. The van der Waals surface area contributed by atoms with E-state index in [2.05, 4.69) is 10.7 Å². The molecule has 1 heterocycles. The Kier molecular flexibility index (Phi) is 2.84.